The molecule has 3 N–H and O–H groups in total. The van der Waals surface area contributed by atoms with Gasteiger partial charge in [0.2, 0.25) is 5.91 Å². The number of hydrogen-bond acceptors (Lipinski definition) is 4. The van der Waals surface area contributed by atoms with E-state index in [0.717, 1.165) is 0 Å². The second-order valence-electron chi connectivity index (χ2n) is 4.73. The van der Waals surface area contributed by atoms with Gasteiger partial charge in [-0.05, 0) is 13.3 Å². The maximum Gasteiger partial charge on any atom is 0.405 e. The number of nitrogens with one attached hydrogen (secondary N) is 2. The highest BCUT2D eigenvalue weighted by atomic mass is 16.4. The van der Waals surface area contributed by atoms with Crippen LogP contribution in [0.1, 0.15) is 33.1 Å². The molecule has 0 aliphatic rings. The maximum absolute atomic E-state index is 12.0. The molecule has 0 saturated carbocycles. The largest absolute Gasteiger partial charge is 0.465 e. The first-order chi connectivity index (χ1) is 9.92. The summed E-state index contributed by atoms with van der Waals surface area (Å²) in [6, 6.07) is -0.810. The van der Waals surface area contributed by atoms with E-state index in [-0.39, 0.29) is 5.78 Å². The van der Waals surface area contributed by atoms with Crippen molar-refractivity contribution in [2.75, 3.05) is 5.32 Å². The van der Waals surface area contributed by atoms with E-state index in [9.17, 15) is 14.4 Å². The van der Waals surface area contributed by atoms with Gasteiger partial charge in [-0.25, -0.2) is 9.78 Å². The summed E-state index contributed by atoms with van der Waals surface area (Å²) in [5.74, 6) is -0.0455. The second-order valence-corrected chi connectivity index (χ2v) is 4.73. The van der Waals surface area contributed by atoms with E-state index in [1.165, 1.54) is 13.3 Å². The monoisotopic (exact) mass is 296 g/mol. The molecule has 1 heterocycles. The van der Waals surface area contributed by atoms with Crippen LogP contribution in [0.15, 0.2) is 12.5 Å². The first-order valence-electron chi connectivity index (χ1n) is 6.74. The highest BCUT2D eigenvalue weighted by molar-refractivity contribution is 5.95. The Balaban J connectivity index is 2.59. The molecule has 0 radical (unpaired) electrons. The Morgan fingerprint density at radius 1 is 1.43 bits per heavy atom. The molecule has 0 bridgehead atoms. The van der Waals surface area contributed by atoms with Gasteiger partial charge in [0.15, 0.2) is 5.82 Å². The Morgan fingerprint density at radius 3 is 2.71 bits per heavy atom. The molecule has 0 saturated heterocycles. The van der Waals surface area contributed by atoms with Crippen LogP contribution in [0.25, 0.3) is 0 Å². The third kappa shape index (κ3) is 6.07. The Hall–Kier alpha value is -2.38. The lowest BCUT2D eigenvalue weighted by Crippen LogP contribution is -2.43. The molecule has 0 spiro atoms. The summed E-state index contributed by atoms with van der Waals surface area (Å²) in [7, 11) is 0. The fourth-order valence-electron chi connectivity index (χ4n) is 1.75. The minimum Gasteiger partial charge on any atom is -0.465 e. The van der Waals surface area contributed by atoms with Crippen molar-refractivity contribution < 1.29 is 19.5 Å². The van der Waals surface area contributed by atoms with E-state index >= 15 is 0 Å². The molecule has 8 nitrogen and oxygen atoms in total. The third-order valence-corrected chi connectivity index (χ3v) is 2.80. The Kier molecular flexibility index (Phi) is 6.38. The summed E-state index contributed by atoms with van der Waals surface area (Å²) in [5.41, 5.74) is 0. The molecule has 0 fully saturated rings. The van der Waals surface area contributed by atoms with Gasteiger partial charge >= 0.3 is 6.09 Å². The van der Waals surface area contributed by atoms with Crippen LogP contribution >= 0.6 is 0 Å². The third-order valence-electron chi connectivity index (χ3n) is 2.80. The van der Waals surface area contributed by atoms with Gasteiger partial charge < -0.3 is 20.3 Å². The molecule has 1 aromatic heterocycles. The summed E-state index contributed by atoms with van der Waals surface area (Å²) in [6.45, 7) is 3.86. The molecule has 2 amide bonds. The first-order valence-corrected chi connectivity index (χ1v) is 6.74. The number of Topliss-reactive ketones (excluding diaryl/α,β-unsaturated/α-hetero) is 1. The van der Waals surface area contributed by atoms with E-state index in [2.05, 4.69) is 15.6 Å². The Morgan fingerprint density at radius 2 is 2.14 bits per heavy atom. The van der Waals surface area contributed by atoms with Gasteiger partial charge in [0.05, 0.1) is 6.33 Å². The van der Waals surface area contributed by atoms with Gasteiger partial charge in [0.25, 0.3) is 0 Å². The van der Waals surface area contributed by atoms with Crippen molar-refractivity contribution in [1.82, 2.24) is 14.9 Å². The number of hydrogen-bond donors (Lipinski definition) is 3. The highest BCUT2D eigenvalue weighted by Gasteiger charge is 2.20. The lowest BCUT2D eigenvalue weighted by atomic mass is 10.1. The molecule has 1 rings (SSSR count). The van der Waals surface area contributed by atoms with Crippen molar-refractivity contribution in [1.29, 1.82) is 0 Å². The summed E-state index contributed by atoms with van der Waals surface area (Å²) >= 11 is 0. The molecule has 21 heavy (non-hydrogen) atoms. The van der Waals surface area contributed by atoms with Gasteiger partial charge in [-0.3, -0.25) is 9.59 Å². The second kappa shape index (κ2) is 8.03. The number of nitrogens with zero attached hydrogens (tertiary/aromatic N) is 2. The summed E-state index contributed by atoms with van der Waals surface area (Å²) < 4.78 is 1.69. The van der Waals surface area contributed by atoms with E-state index in [0.29, 0.717) is 31.6 Å². The number of aryl methyl sites for hydroxylation is 1. The SMILES string of the molecule is CCCC(NC(=O)O)C(=O)Nc1cn(CCC(C)=O)cn1. The number of ketones is 1. The maximum atomic E-state index is 12.0. The molecule has 1 aromatic rings. The summed E-state index contributed by atoms with van der Waals surface area (Å²) in [6.07, 6.45) is 3.34. The Bertz CT molecular complexity index is 512. The zero-order chi connectivity index (χ0) is 15.8. The normalized spacial score (nSPS) is 11.7. The summed E-state index contributed by atoms with van der Waals surface area (Å²) in [5, 5.41) is 13.4. The van der Waals surface area contributed by atoms with Crippen LogP contribution in [0, 0.1) is 0 Å². The van der Waals surface area contributed by atoms with Crippen molar-refractivity contribution in [3.8, 4) is 0 Å². The topological polar surface area (TPSA) is 113 Å². The first kappa shape index (κ1) is 16.7. The average molecular weight is 296 g/mol. The number of carboxylic acid groups (broad SMARTS) is 1. The summed E-state index contributed by atoms with van der Waals surface area (Å²) in [4.78, 5) is 37.5. The van der Waals surface area contributed by atoms with Gasteiger partial charge in [0, 0.05) is 19.2 Å². The molecule has 1 atom stereocenters. The zero-order valence-corrected chi connectivity index (χ0v) is 12.1. The van der Waals surface area contributed by atoms with Crippen molar-refractivity contribution in [3.05, 3.63) is 12.5 Å². The number of carbonyl (C=O) groups excluding carboxylic acids is 2. The number of carbonyl (C=O) groups is 3. The number of anilines is 1. The molecular formula is C13H20N4O4. The van der Waals surface area contributed by atoms with Crippen LogP contribution in [0.3, 0.4) is 0 Å². The van der Waals surface area contributed by atoms with Gasteiger partial charge in [-0.15, -0.1) is 0 Å². The van der Waals surface area contributed by atoms with E-state index < -0.39 is 18.0 Å². The average Bonchev–Trinajstić information content (AvgIpc) is 2.83. The van der Waals surface area contributed by atoms with E-state index in [4.69, 9.17) is 5.11 Å². The van der Waals surface area contributed by atoms with Gasteiger partial charge in [-0.1, -0.05) is 13.3 Å². The molecule has 1 unspecified atom stereocenters. The minimum absolute atomic E-state index is 0.0722. The molecule has 0 aromatic carbocycles. The number of aromatic nitrogens is 2. The van der Waals surface area contributed by atoms with Crippen LogP contribution < -0.4 is 10.6 Å². The van der Waals surface area contributed by atoms with Crippen LogP contribution in [0.5, 0.6) is 0 Å². The lowest BCUT2D eigenvalue weighted by molar-refractivity contribution is -0.118. The quantitative estimate of drug-likeness (QED) is 0.668. The zero-order valence-electron chi connectivity index (χ0n) is 12.1. The Labute approximate surface area is 122 Å². The van der Waals surface area contributed by atoms with E-state index in [1.54, 1.807) is 10.8 Å². The fraction of sp³-hybridized carbons (Fsp3) is 0.538. The van der Waals surface area contributed by atoms with Crippen molar-refractivity contribution in [3.63, 3.8) is 0 Å². The molecular weight excluding hydrogens is 276 g/mol. The van der Waals surface area contributed by atoms with Crippen molar-refractivity contribution in [2.24, 2.45) is 0 Å². The molecule has 0 aliphatic heterocycles. The van der Waals surface area contributed by atoms with Crippen LogP contribution in [0.4, 0.5) is 10.6 Å². The predicted octanol–water partition coefficient (Wildman–Crippen LogP) is 1.24. The van der Waals surface area contributed by atoms with Crippen molar-refractivity contribution in [2.45, 2.75) is 45.7 Å². The smallest absolute Gasteiger partial charge is 0.405 e. The van der Waals surface area contributed by atoms with Crippen LogP contribution in [-0.4, -0.2) is 38.5 Å². The predicted molar refractivity (Wildman–Crippen MR) is 76.0 cm³/mol. The highest BCUT2D eigenvalue weighted by Crippen LogP contribution is 2.06. The van der Waals surface area contributed by atoms with Crippen molar-refractivity contribution >= 4 is 23.6 Å². The van der Waals surface area contributed by atoms with Gasteiger partial charge in [-0.2, -0.15) is 0 Å². The minimum atomic E-state index is -1.24. The number of amides is 2. The molecule has 0 aliphatic carbocycles. The van der Waals surface area contributed by atoms with Crippen LogP contribution in [-0.2, 0) is 16.1 Å². The standard InChI is InChI=1S/C13H20N4O4/c1-3-4-10(15-13(20)21)12(19)16-11-7-17(8-14-11)6-5-9(2)18/h7-8,10,15H,3-6H2,1-2H3,(H,16,19)(H,20,21). The van der Waals surface area contributed by atoms with Crippen LogP contribution in [0.2, 0.25) is 0 Å². The number of imidazole rings is 1. The molecule has 8 heteroatoms. The van der Waals surface area contributed by atoms with E-state index in [1.807, 2.05) is 6.92 Å². The number of rotatable bonds is 8. The fourth-order valence-corrected chi connectivity index (χ4v) is 1.75. The lowest BCUT2D eigenvalue weighted by Gasteiger charge is -2.14. The van der Waals surface area contributed by atoms with Gasteiger partial charge in [0.1, 0.15) is 11.8 Å². The molecule has 116 valence electrons.